The second kappa shape index (κ2) is 7.32. The van der Waals surface area contributed by atoms with E-state index in [0.29, 0.717) is 13.2 Å². The topological polar surface area (TPSA) is 75.6 Å². The van der Waals surface area contributed by atoms with Gasteiger partial charge in [0, 0.05) is 19.6 Å². The molecule has 1 unspecified atom stereocenters. The van der Waals surface area contributed by atoms with Crippen LogP contribution in [0.4, 0.5) is 0 Å². The molecule has 0 saturated heterocycles. The van der Waals surface area contributed by atoms with Crippen LogP contribution in [0.2, 0.25) is 0 Å². The number of ether oxygens (including phenoxy) is 1. The number of hydrogen-bond donors (Lipinski definition) is 2. The molecule has 14 heavy (non-hydrogen) atoms. The zero-order valence-corrected chi connectivity index (χ0v) is 8.58. The number of aliphatic carboxylic acids is 1. The third-order valence-corrected chi connectivity index (χ3v) is 1.70. The Hall–Kier alpha value is -1.10. The summed E-state index contributed by atoms with van der Waals surface area (Å²) in [7, 11) is 0. The molecule has 5 nitrogen and oxygen atoms in total. The van der Waals surface area contributed by atoms with E-state index in [0.717, 1.165) is 0 Å². The van der Waals surface area contributed by atoms with Crippen LogP contribution in [0, 0.1) is 5.92 Å². The quantitative estimate of drug-likeness (QED) is 0.581. The molecule has 2 N–H and O–H groups in total. The summed E-state index contributed by atoms with van der Waals surface area (Å²) in [4.78, 5) is 21.5. The Morgan fingerprint density at radius 2 is 2.14 bits per heavy atom. The molecular weight excluding hydrogens is 186 g/mol. The first-order valence-electron chi connectivity index (χ1n) is 4.65. The first-order valence-corrected chi connectivity index (χ1v) is 4.65. The van der Waals surface area contributed by atoms with E-state index in [-0.39, 0.29) is 18.9 Å². The first-order chi connectivity index (χ1) is 6.57. The van der Waals surface area contributed by atoms with Gasteiger partial charge in [0.25, 0.3) is 0 Å². The lowest BCUT2D eigenvalue weighted by molar-refractivity contribution is -0.141. The van der Waals surface area contributed by atoms with Gasteiger partial charge in [0.05, 0.1) is 12.5 Å². The van der Waals surface area contributed by atoms with Crippen molar-refractivity contribution in [1.29, 1.82) is 0 Å². The SMILES string of the molecule is CCOCCC(=O)NCC(C)C(=O)O. The van der Waals surface area contributed by atoms with Crippen molar-refractivity contribution in [2.75, 3.05) is 19.8 Å². The van der Waals surface area contributed by atoms with Gasteiger partial charge in [-0.1, -0.05) is 6.92 Å². The zero-order chi connectivity index (χ0) is 11.0. The Kier molecular flexibility index (Phi) is 6.74. The molecule has 0 spiro atoms. The molecule has 0 aromatic heterocycles. The average Bonchev–Trinajstić information content (AvgIpc) is 2.14. The number of carboxylic acids is 1. The fraction of sp³-hybridized carbons (Fsp3) is 0.778. The van der Waals surface area contributed by atoms with Crippen molar-refractivity contribution in [2.24, 2.45) is 5.92 Å². The van der Waals surface area contributed by atoms with Gasteiger partial charge in [0.2, 0.25) is 5.91 Å². The average molecular weight is 203 g/mol. The summed E-state index contributed by atoms with van der Waals surface area (Å²) >= 11 is 0. The molecule has 0 aliphatic heterocycles. The van der Waals surface area contributed by atoms with Gasteiger partial charge in [-0.3, -0.25) is 9.59 Å². The highest BCUT2D eigenvalue weighted by molar-refractivity contribution is 5.77. The fourth-order valence-corrected chi connectivity index (χ4v) is 0.752. The first kappa shape index (κ1) is 12.9. The maximum Gasteiger partial charge on any atom is 0.308 e. The summed E-state index contributed by atoms with van der Waals surface area (Å²) in [5, 5.41) is 11.1. The number of rotatable bonds is 7. The highest BCUT2D eigenvalue weighted by Gasteiger charge is 2.11. The van der Waals surface area contributed by atoms with E-state index in [9.17, 15) is 9.59 Å². The number of carbonyl (C=O) groups excluding carboxylic acids is 1. The smallest absolute Gasteiger partial charge is 0.308 e. The molecule has 0 heterocycles. The molecule has 0 aromatic carbocycles. The van der Waals surface area contributed by atoms with Crippen LogP contribution in [0.1, 0.15) is 20.3 Å². The van der Waals surface area contributed by atoms with Gasteiger partial charge in [-0.05, 0) is 6.92 Å². The maximum atomic E-state index is 11.1. The minimum atomic E-state index is -0.907. The lowest BCUT2D eigenvalue weighted by atomic mass is 10.2. The summed E-state index contributed by atoms with van der Waals surface area (Å²) < 4.78 is 4.98. The van der Waals surface area contributed by atoms with Crippen LogP contribution >= 0.6 is 0 Å². The fourth-order valence-electron chi connectivity index (χ4n) is 0.752. The molecule has 0 rings (SSSR count). The van der Waals surface area contributed by atoms with Crippen LogP contribution in [-0.4, -0.2) is 36.7 Å². The maximum absolute atomic E-state index is 11.1. The van der Waals surface area contributed by atoms with Crippen molar-refractivity contribution >= 4 is 11.9 Å². The Morgan fingerprint density at radius 3 is 2.64 bits per heavy atom. The Balaban J connectivity index is 3.48. The van der Waals surface area contributed by atoms with Crippen LogP contribution in [0.5, 0.6) is 0 Å². The predicted molar refractivity (Wildman–Crippen MR) is 50.9 cm³/mol. The van der Waals surface area contributed by atoms with Crippen molar-refractivity contribution in [2.45, 2.75) is 20.3 Å². The van der Waals surface area contributed by atoms with Crippen LogP contribution in [0.25, 0.3) is 0 Å². The van der Waals surface area contributed by atoms with Gasteiger partial charge in [-0.25, -0.2) is 0 Å². The molecule has 0 saturated carbocycles. The predicted octanol–water partition coefficient (Wildman–Crippen LogP) is 0.250. The molecule has 0 bridgehead atoms. The van der Waals surface area contributed by atoms with Gasteiger partial charge in [-0.15, -0.1) is 0 Å². The molecule has 0 aliphatic rings. The van der Waals surface area contributed by atoms with Crippen molar-refractivity contribution in [1.82, 2.24) is 5.32 Å². The highest BCUT2D eigenvalue weighted by atomic mass is 16.5. The molecule has 0 aliphatic carbocycles. The van der Waals surface area contributed by atoms with Gasteiger partial charge in [0.1, 0.15) is 0 Å². The van der Waals surface area contributed by atoms with Crippen molar-refractivity contribution in [3.63, 3.8) is 0 Å². The van der Waals surface area contributed by atoms with E-state index >= 15 is 0 Å². The Bertz CT molecular complexity index is 193. The summed E-state index contributed by atoms with van der Waals surface area (Å²) in [6, 6.07) is 0. The molecule has 0 radical (unpaired) electrons. The van der Waals surface area contributed by atoms with E-state index in [1.165, 1.54) is 0 Å². The lowest BCUT2D eigenvalue weighted by Gasteiger charge is -2.08. The van der Waals surface area contributed by atoms with E-state index in [1.54, 1.807) is 6.92 Å². The number of hydrogen-bond acceptors (Lipinski definition) is 3. The van der Waals surface area contributed by atoms with Crippen LogP contribution in [0.3, 0.4) is 0 Å². The van der Waals surface area contributed by atoms with E-state index in [4.69, 9.17) is 9.84 Å². The third-order valence-electron chi connectivity index (χ3n) is 1.70. The summed E-state index contributed by atoms with van der Waals surface area (Å²) in [5.41, 5.74) is 0. The summed E-state index contributed by atoms with van der Waals surface area (Å²) in [5.74, 6) is -1.63. The van der Waals surface area contributed by atoms with E-state index < -0.39 is 11.9 Å². The largest absolute Gasteiger partial charge is 0.481 e. The van der Waals surface area contributed by atoms with Gasteiger partial charge in [-0.2, -0.15) is 0 Å². The summed E-state index contributed by atoms with van der Waals surface area (Å²) in [6.07, 6.45) is 0.278. The van der Waals surface area contributed by atoms with Gasteiger partial charge >= 0.3 is 5.97 Å². The highest BCUT2D eigenvalue weighted by Crippen LogP contribution is 1.92. The number of amides is 1. The molecule has 0 aromatic rings. The number of carbonyl (C=O) groups is 2. The monoisotopic (exact) mass is 203 g/mol. The summed E-state index contributed by atoms with van der Waals surface area (Å²) in [6.45, 7) is 4.53. The number of nitrogens with one attached hydrogen (secondary N) is 1. The molecular formula is C9H17NO4. The van der Waals surface area contributed by atoms with Crippen LogP contribution < -0.4 is 5.32 Å². The van der Waals surface area contributed by atoms with Gasteiger partial charge < -0.3 is 15.2 Å². The third kappa shape index (κ3) is 6.42. The minimum Gasteiger partial charge on any atom is -0.481 e. The standard InChI is InChI=1S/C9H17NO4/c1-3-14-5-4-8(11)10-6-7(2)9(12)13/h7H,3-6H2,1-2H3,(H,10,11)(H,12,13). The Morgan fingerprint density at radius 1 is 1.50 bits per heavy atom. The molecule has 5 heteroatoms. The molecule has 1 amide bonds. The molecule has 1 atom stereocenters. The van der Waals surface area contributed by atoms with Crippen LogP contribution in [0.15, 0.2) is 0 Å². The van der Waals surface area contributed by atoms with E-state index in [1.807, 2.05) is 6.92 Å². The normalized spacial score (nSPS) is 12.1. The Labute approximate surface area is 83.4 Å². The molecule has 82 valence electrons. The van der Waals surface area contributed by atoms with Crippen molar-refractivity contribution in [3.8, 4) is 0 Å². The minimum absolute atomic E-state index is 0.167. The second-order valence-electron chi connectivity index (χ2n) is 2.99. The van der Waals surface area contributed by atoms with Crippen molar-refractivity contribution in [3.05, 3.63) is 0 Å². The number of carboxylic acid groups (broad SMARTS) is 1. The second-order valence-corrected chi connectivity index (χ2v) is 2.99. The van der Waals surface area contributed by atoms with Gasteiger partial charge in [0.15, 0.2) is 0 Å². The van der Waals surface area contributed by atoms with E-state index in [2.05, 4.69) is 5.32 Å². The van der Waals surface area contributed by atoms with Crippen molar-refractivity contribution < 1.29 is 19.4 Å². The molecule has 0 fully saturated rings. The van der Waals surface area contributed by atoms with Crippen LogP contribution in [-0.2, 0) is 14.3 Å². The lowest BCUT2D eigenvalue weighted by Crippen LogP contribution is -2.31. The zero-order valence-electron chi connectivity index (χ0n) is 8.58.